The van der Waals surface area contributed by atoms with E-state index in [-0.39, 0.29) is 11.9 Å². The van der Waals surface area contributed by atoms with Gasteiger partial charge in [0.2, 0.25) is 5.91 Å². The highest BCUT2D eigenvalue weighted by Gasteiger charge is 2.22. The van der Waals surface area contributed by atoms with Gasteiger partial charge < -0.3 is 15.1 Å². The summed E-state index contributed by atoms with van der Waals surface area (Å²) in [6, 6.07) is 13.7. The first-order chi connectivity index (χ1) is 12.1. The molecule has 0 spiro atoms. The first kappa shape index (κ1) is 17.7. The van der Waals surface area contributed by atoms with Crippen molar-refractivity contribution in [2.24, 2.45) is 0 Å². The number of anilines is 1. The molecule has 1 amide bonds. The summed E-state index contributed by atoms with van der Waals surface area (Å²) in [6.07, 6.45) is 1.80. The van der Waals surface area contributed by atoms with Gasteiger partial charge in [-0.25, -0.2) is 4.98 Å². The van der Waals surface area contributed by atoms with Crippen LogP contribution in [0.3, 0.4) is 0 Å². The van der Waals surface area contributed by atoms with Crippen LogP contribution in [0.5, 0.6) is 0 Å². The van der Waals surface area contributed by atoms with Crippen LogP contribution >= 0.6 is 11.6 Å². The third-order valence-electron chi connectivity index (χ3n) is 4.54. The van der Waals surface area contributed by atoms with E-state index in [2.05, 4.69) is 15.2 Å². The van der Waals surface area contributed by atoms with Crippen LogP contribution in [0.25, 0.3) is 0 Å². The summed E-state index contributed by atoms with van der Waals surface area (Å²) in [7, 11) is 0. The predicted molar refractivity (Wildman–Crippen MR) is 101 cm³/mol. The molecule has 1 aromatic heterocycles. The number of amides is 1. The van der Waals surface area contributed by atoms with Crippen molar-refractivity contribution >= 4 is 23.3 Å². The van der Waals surface area contributed by atoms with Crippen LogP contribution in [0, 0.1) is 0 Å². The quantitative estimate of drug-likeness (QED) is 0.892. The Bertz CT molecular complexity index is 702. The van der Waals surface area contributed by atoms with Crippen LogP contribution in [-0.4, -0.2) is 48.5 Å². The van der Waals surface area contributed by atoms with Gasteiger partial charge in [-0.15, -0.1) is 0 Å². The molecule has 0 aliphatic carbocycles. The molecule has 0 bridgehead atoms. The van der Waals surface area contributed by atoms with Crippen molar-refractivity contribution in [2.75, 3.05) is 37.6 Å². The van der Waals surface area contributed by atoms with E-state index in [0.717, 1.165) is 42.6 Å². The van der Waals surface area contributed by atoms with E-state index in [4.69, 9.17) is 11.6 Å². The molecule has 1 aromatic carbocycles. The Balaban J connectivity index is 1.47. The Morgan fingerprint density at radius 1 is 1.16 bits per heavy atom. The van der Waals surface area contributed by atoms with Crippen molar-refractivity contribution in [1.82, 2.24) is 15.2 Å². The molecule has 2 aromatic rings. The number of benzene rings is 1. The molecule has 1 saturated heterocycles. The highest BCUT2D eigenvalue weighted by Crippen LogP contribution is 2.22. The van der Waals surface area contributed by atoms with E-state index < -0.39 is 0 Å². The molecule has 132 valence electrons. The minimum Gasteiger partial charge on any atom is -0.353 e. The molecule has 6 heteroatoms. The van der Waals surface area contributed by atoms with Crippen molar-refractivity contribution in [3.05, 3.63) is 59.2 Å². The van der Waals surface area contributed by atoms with Gasteiger partial charge in [0.25, 0.3) is 0 Å². The zero-order chi connectivity index (χ0) is 17.6. The largest absolute Gasteiger partial charge is 0.353 e. The van der Waals surface area contributed by atoms with E-state index in [1.807, 2.05) is 54.3 Å². The second-order valence-electron chi connectivity index (χ2n) is 6.18. The fourth-order valence-electron chi connectivity index (χ4n) is 3.01. The lowest BCUT2D eigenvalue weighted by Crippen LogP contribution is -2.51. The first-order valence-electron chi connectivity index (χ1n) is 8.56. The highest BCUT2D eigenvalue weighted by molar-refractivity contribution is 6.31. The molecule has 1 atom stereocenters. The van der Waals surface area contributed by atoms with Crippen molar-refractivity contribution < 1.29 is 4.79 Å². The van der Waals surface area contributed by atoms with E-state index in [1.54, 1.807) is 6.20 Å². The number of hydrogen-bond acceptors (Lipinski definition) is 4. The second kappa shape index (κ2) is 8.32. The lowest BCUT2D eigenvalue weighted by Gasteiger charge is -2.35. The lowest BCUT2D eigenvalue weighted by molar-refractivity contribution is -0.130. The summed E-state index contributed by atoms with van der Waals surface area (Å²) in [6.45, 7) is 5.39. The number of nitrogens with zero attached hydrogens (tertiary/aromatic N) is 3. The molecule has 1 N–H and O–H groups in total. The second-order valence-corrected chi connectivity index (χ2v) is 6.59. The van der Waals surface area contributed by atoms with E-state index in [1.165, 1.54) is 0 Å². The lowest BCUT2D eigenvalue weighted by atomic mass is 10.1. The molecule has 3 rings (SSSR count). The average molecular weight is 359 g/mol. The van der Waals surface area contributed by atoms with Crippen molar-refractivity contribution in [2.45, 2.75) is 13.0 Å². The van der Waals surface area contributed by atoms with Gasteiger partial charge in [-0.1, -0.05) is 35.9 Å². The monoisotopic (exact) mass is 358 g/mol. The highest BCUT2D eigenvalue weighted by atomic mass is 35.5. The molecule has 0 radical (unpaired) electrons. The predicted octanol–water partition coefficient (Wildman–Crippen LogP) is 2.73. The number of pyridine rings is 1. The van der Waals surface area contributed by atoms with Gasteiger partial charge in [0.1, 0.15) is 5.82 Å². The Labute approximate surface area is 153 Å². The molecule has 0 unspecified atom stereocenters. The average Bonchev–Trinajstić information content (AvgIpc) is 2.67. The minimum atomic E-state index is 0.0347. The molecular formula is C19H23ClN4O. The van der Waals surface area contributed by atoms with E-state index in [0.29, 0.717) is 6.54 Å². The molecule has 2 heterocycles. The third kappa shape index (κ3) is 4.50. The smallest absolute Gasteiger partial charge is 0.236 e. The van der Waals surface area contributed by atoms with Crippen LogP contribution in [0.4, 0.5) is 5.82 Å². The molecule has 1 aliphatic heterocycles. The Kier molecular flexibility index (Phi) is 5.89. The van der Waals surface area contributed by atoms with Crippen molar-refractivity contribution in [3.63, 3.8) is 0 Å². The van der Waals surface area contributed by atoms with Gasteiger partial charge in [0, 0.05) is 43.4 Å². The van der Waals surface area contributed by atoms with Crippen molar-refractivity contribution in [3.8, 4) is 0 Å². The summed E-state index contributed by atoms with van der Waals surface area (Å²) in [5, 5.41) is 4.00. The molecule has 1 fully saturated rings. The third-order valence-corrected chi connectivity index (χ3v) is 4.88. The zero-order valence-electron chi connectivity index (χ0n) is 14.4. The summed E-state index contributed by atoms with van der Waals surface area (Å²) in [4.78, 5) is 20.9. The Hall–Kier alpha value is -2.11. The van der Waals surface area contributed by atoms with Crippen LogP contribution in [0.15, 0.2) is 48.7 Å². The molecule has 5 nitrogen and oxygen atoms in total. The maximum Gasteiger partial charge on any atom is 0.236 e. The normalized spacial score (nSPS) is 15.9. The van der Waals surface area contributed by atoms with Gasteiger partial charge in [0.15, 0.2) is 0 Å². The SMILES string of the molecule is C[C@@H](NCC(=O)N1CCN(c2ccccn2)CC1)c1ccccc1Cl. The molecular weight excluding hydrogens is 336 g/mol. The topological polar surface area (TPSA) is 48.5 Å². The standard InChI is InChI=1S/C19H23ClN4O/c1-15(16-6-2-3-7-17(16)20)22-14-19(25)24-12-10-23(11-13-24)18-8-4-5-9-21-18/h2-9,15,22H,10-14H2,1H3/t15-/m1/s1. The fraction of sp³-hybridized carbons (Fsp3) is 0.368. The van der Waals surface area contributed by atoms with Crippen LogP contribution < -0.4 is 10.2 Å². The summed E-state index contributed by atoms with van der Waals surface area (Å²) in [5.41, 5.74) is 1.01. The van der Waals surface area contributed by atoms with Gasteiger partial charge >= 0.3 is 0 Å². The fourth-order valence-corrected chi connectivity index (χ4v) is 3.31. The van der Waals surface area contributed by atoms with Gasteiger partial charge in [-0.2, -0.15) is 0 Å². The summed E-state index contributed by atoms with van der Waals surface area (Å²) < 4.78 is 0. The van der Waals surface area contributed by atoms with Crippen LogP contribution in [0.2, 0.25) is 5.02 Å². The molecule has 0 saturated carbocycles. The Morgan fingerprint density at radius 2 is 1.88 bits per heavy atom. The van der Waals surface area contributed by atoms with Crippen molar-refractivity contribution in [1.29, 1.82) is 0 Å². The number of piperazine rings is 1. The number of carbonyl (C=O) groups excluding carboxylic acids is 1. The number of halogens is 1. The maximum atomic E-state index is 12.5. The molecule has 1 aliphatic rings. The number of rotatable bonds is 5. The van der Waals surface area contributed by atoms with Gasteiger partial charge in [-0.05, 0) is 30.7 Å². The minimum absolute atomic E-state index is 0.0347. The zero-order valence-corrected chi connectivity index (χ0v) is 15.1. The van der Waals surface area contributed by atoms with Crippen LogP contribution in [-0.2, 0) is 4.79 Å². The van der Waals surface area contributed by atoms with Gasteiger partial charge in [0.05, 0.1) is 6.54 Å². The number of carbonyl (C=O) groups is 1. The number of nitrogens with one attached hydrogen (secondary N) is 1. The van der Waals surface area contributed by atoms with Crippen LogP contribution in [0.1, 0.15) is 18.5 Å². The summed E-state index contributed by atoms with van der Waals surface area (Å²) in [5.74, 6) is 1.10. The maximum absolute atomic E-state index is 12.5. The number of hydrogen-bond donors (Lipinski definition) is 1. The van der Waals surface area contributed by atoms with E-state index >= 15 is 0 Å². The number of aromatic nitrogens is 1. The summed E-state index contributed by atoms with van der Waals surface area (Å²) >= 11 is 6.21. The van der Waals surface area contributed by atoms with E-state index in [9.17, 15) is 4.79 Å². The van der Waals surface area contributed by atoms with Gasteiger partial charge in [-0.3, -0.25) is 4.79 Å². The molecule has 25 heavy (non-hydrogen) atoms. The first-order valence-corrected chi connectivity index (χ1v) is 8.94. The Morgan fingerprint density at radius 3 is 2.56 bits per heavy atom.